The molecule has 1 unspecified atom stereocenters. The van der Waals surface area contributed by atoms with E-state index in [0.29, 0.717) is 10.5 Å². The lowest BCUT2D eigenvalue weighted by atomic mass is 9.87. The van der Waals surface area contributed by atoms with E-state index in [9.17, 15) is 4.79 Å². The molecule has 2 atom stereocenters. The van der Waals surface area contributed by atoms with Crippen LogP contribution in [-0.2, 0) is 4.79 Å². The second kappa shape index (κ2) is 6.04. The number of amides is 1. The van der Waals surface area contributed by atoms with Gasteiger partial charge in [0.1, 0.15) is 0 Å². The number of carbonyl (C=O) groups excluding carboxylic acids is 1. The predicted molar refractivity (Wildman–Crippen MR) is 93.2 cm³/mol. The van der Waals surface area contributed by atoms with Gasteiger partial charge in [-0.25, -0.2) is 0 Å². The highest BCUT2D eigenvalue weighted by Crippen LogP contribution is 2.51. The van der Waals surface area contributed by atoms with Crippen molar-refractivity contribution in [2.24, 2.45) is 5.92 Å². The highest BCUT2D eigenvalue weighted by atomic mass is 32.2. The van der Waals surface area contributed by atoms with Gasteiger partial charge in [-0.3, -0.25) is 4.79 Å². The van der Waals surface area contributed by atoms with Crippen LogP contribution in [0, 0.1) is 5.92 Å². The first-order valence-corrected chi connectivity index (χ1v) is 9.85. The zero-order valence-electron chi connectivity index (χ0n) is 13.2. The molecule has 2 fully saturated rings. The highest BCUT2D eigenvalue weighted by Gasteiger charge is 2.40. The van der Waals surface area contributed by atoms with E-state index in [1.54, 1.807) is 0 Å². The number of hydrogen-bond donors (Lipinski definition) is 0. The Morgan fingerprint density at radius 2 is 1.86 bits per heavy atom. The minimum Gasteiger partial charge on any atom is -0.305 e. The Morgan fingerprint density at radius 1 is 1.14 bits per heavy atom. The molecule has 3 rings (SSSR count). The topological polar surface area (TPSA) is 20.3 Å². The average Bonchev–Trinajstić information content (AvgIpc) is 2.60. The Hall–Kier alpha value is -0.350. The van der Waals surface area contributed by atoms with Crippen molar-refractivity contribution in [3.05, 3.63) is 22.1 Å². The van der Waals surface area contributed by atoms with Gasteiger partial charge in [-0.05, 0) is 45.4 Å². The summed E-state index contributed by atoms with van der Waals surface area (Å²) < 4.78 is 0. The third kappa shape index (κ3) is 2.81. The van der Waals surface area contributed by atoms with Gasteiger partial charge in [-0.1, -0.05) is 19.9 Å². The minimum atomic E-state index is 0.193. The fourth-order valence-corrected chi connectivity index (χ4v) is 5.93. The monoisotopic (exact) mass is 323 g/mol. The molecule has 2 nitrogen and oxygen atoms in total. The number of rotatable bonds is 5. The molecule has 21 heavy (non-hydrogen) atoms. The molecule has 0 saturated heterocycles. The Balaban J connectivity index is 1.83. The molecule has 1 heterocycles. The van der Waals surface area contributed by atoms with Crippen molar-refractivity contribution in [2.45, 2.75) is 69.4 Å². The Kier molecular flexibility index (Phi) is 4.47. The van der Waals surface area contributed by atoms with Gasteiger partial charge in [-0.2, -0.15) is 0 Å². The lowest BCUT2D eigenvalue weighted by Crippen LogP contribution is -2.32. The maximum absolute atomic E-state index is 12.8. The van der Waals surface area contributed by atoms with Gasteiger partial charge in [0.05, 0.1) is 10.6 Å². The second-order valence-electron chi connectivity index (χ2n) is 6.76. The average molecular weight is 324 g/mol. The predicted octanol–water partition coefficient (Wildman–Crippen LogP) is 4.78. The Bertz CT molecular complexity index is 493. The SMILES string of the molecule is C=C1C(SC2CC[C@H]2C)=C(SC2CCC2)C(=O)N1C(C)C. The second-order valence-corrected chi connectivity index (χ2v) is 9.32. The van der Waals surface area contributed by atoms with Gasteiger partial charge in [-0.15, -0.1) is 23.5 Å². The molecular weight excluding hydrogens is 298 g/mol. The molecule has 0 N–H and O–H groups in total. The van der Waals surface area contributed by atoms with Gasteiger partial charge >= 0.3 is 0 Å². The first kappa shape index (κ1) is 15.5. The standard InChI is InChI=1S/C17H25NOS2/c1-10(2)18-12(4)15(21-14-9-8-11(14)3)16(17(18)19)20-13-6-5-7-13/h10-11,13-14H,4-9H2,1-3H3/t11-,14?/m1/s1. The molecule has 0 radical (unpaired) electrons. The molecular formula is C17H25NOS2. The third-order valence-corrected chi connectivity index (χ3v) is 8.06. The molecule has 0 bridgehead atoms. The lowest BCUT2D eigenvalue weighted by Gasteiger charge is -2.34. The molecule has 0 aromatic rings. The Labute approximate surface area is 136 Å². The molecule has 1 aliphatic heterocycles. The summed E-state index contributed by atoms with van der Waals surface area (Å²) in [5, 5.41) is 1.33. The zero-order valence-corrected chi connectivity index (χ0v) is 14.9. The summed E-state index contributed by atoms with van der Waals surface area (Å²) in [6.07, 6.45) is 6.43. The number of carbonyl (C=O) groups is 1. The third-order valence-electron chi connectivity index (χ3n) is 4.84. The first-order chi connectivity index (χ1) is 9.99. The van der Waals surface area contributed by atoms with Crippen molar-refractivity contribution in [3.63, 3.8) is 0 Å². The summed E-state index contributed by atoms with van der Waals surface area (Å²) >= 11 is 3.74. The van der Waals surface area contributed by atoms with Crippen LogP contribution in [-0.4, -0.2) is 27.3 Å². The van der Waals surface area contributed by atoms with Gasteiger partial charge in [0.25, 0.3) is 5.91 Å². The Morgan fingerprint density at radius 3 is 2.29 bits per heavy atom. The fourth-order valence-electron chi connectivity index (χ4n) is 2.96. The van der Waals surface area contributed by atoms with E-state index in [1.807, 2.05) is 28.4 Å². The molecule has 4 heteroatoms. The van der Waals surface area contributed by atoms with E-state index in [-0.39, 0.29) is 11.9 Å². The van der Waals surface area contributed by atoms with Crippen LogP contribution in [0.2, 0.25) is 0 Å². The van der Waals surface area contributed by atoms with E-state index < -0.39 is 0 Å². The van der Waals surface area contributed by atoms with E-state index >= 15 is 0 Å². The summed E-state index contributed by atoms with van der Waals surface area (Å²) in [6, 6.07) is 0.193. The summed E-state index contributed by atoms with van der Waals surface area (Å²) in [4.78, 5) is 16.9. The highest BCUT2D eigenvalue weighted by molar-refractivity contribution is 8.08. The number of hydrogen-bond acceptors (Lipinski definition) is 3. The maximum atomic E-state index is 12.8. The van der Waals surface area contributed by atoms with Gasteiger partial charge < -0.3 is 4.90 Å². The van der Waals surface area contributed by atoms with Crippen LogP contribution in [0.3, 0.4) is 0 Å². The zero-order chi connectivity index (χ0) is 15.1. The lowest BCUT2D eigenvalue weighted by molar-refractivity contribution is -0.124. The number of thioether (sulfide) groups is 2. The molecule has 0 aromatic heterocycles. The van der Waals surface area contributed by atoms with Crippen LogP contribution in [0.5, 0.6) is 0 Å². The van der Waals surface area contributed by atoms with E-state index in [0.717, 1.165) is 16.5 Å². The van der Waals surface area contributed by atoms with Crippen molar-refractivity contribution in [3.8, 4) is 0 Å². The summed E-state index contributed by atoms with van der Waals surface area (Å²) in [7, 11) is 0. The van der Waals surface area contributed by atoms with E-state index in [4.69, 9.17) is 0 Å². The van der Waals surface area contributed by atoms with Crippen molar-refractivity contribution in [1.82, 2.24) is 4.90 Å². The number of nitrogens with zero attached hydrogens (tertiary/aromatic N) is 1. The van der Waals surface area contributed by atoms with Gasteiger partial charge in [0.2, 0.25) is 0 Å². The summed E-state index contributed by atoms with van der Waals surface area (Å²) in [5.41, 5.74) is 0.945. The van der Waals surface area contributed by atoms with Crippen molar-refractivity contribution < 1.29 is 4.79 Å². The molecule has 0 spiro atoms. The van der Waals surface area contributed by atoms with Crippen LogP contribution in [0.4, 0.5) is 0 Å². The molecule has 2 saturated carbocycles. The summed E-state index contributed by atoms with van der Waals surface area (Å²) in [5.74, 6) is 0.967. The van der Waals surface area contributed by atoms with E-state index in [1.165, 1.54) is 37.0 Å². The van der Waals surface area contributed by atoms with Crippen molar-refractivity contribution in [2.75, 3.05) is 0 Å². The van der Waals surface area contributed by atoms with Crippen LogP contribution >= 0.6 is 23.5 Å². The van der Waals surface area contributed by atoms with Crippen molar-refractivity contribution >= 4 is 29.4 Å². The molecule has 3 aliphatic rings. The molecule has 116 valence electrons. The van der Waals surface area contributed by atoms with Gasteiger partial charge in [0, 0.05) is 21.4 Å². The van der Waals surface area contributed by atoms with Crippen LogP contribution < -0.4 is 0 Å². The van der Waals surface area contributed by atoms with Crippen LogP contribution in [0.25, 0.3) is 0 Å². The van der Waals surface area contributed by atoms with Crippen molar-refractivity contribution in [1.29, 1.82) is 0 Å². The first-order valence-electron chi connectivity index (χ1n) is 8.09. The van der Waals surface area contributed by atoms with Crippen LogP contribution in [0.1, 0.15) is 52.9 Å². The fraction of sp³-hybridized carbons (Fsp3) is 0.706. The molecule has 0 aromatic carbocycles. The molecule has 2 aliphatic carbocycles. The quantitative estimate of drug-likeness (QED) is 0.726. The summed E-state index contributed by atoms with van der Waals surface area (Å²) in [6.45, 7) is 10.7. The van der Waals surface area contributed by atoms with Crippen LogP contribution in [0.15, 0.2) is 22.1 Å². The van der Waals surface area contributed by atoms with Gasteiger partial charge in [0.15, 0.2) is 0 Å². The molecule has 1 amide bonds. The largest absolute Gasteiger partial charge is 0.305 e. The smallest absolute Gasteiger partial charge is 0.266 e. The maximum Gasteiger partial charge on any atom is 0.266 e. The van der Waals surface area contributed by atoms with E-state index in [2.05, 4.69) is 27.4 Å². The normalized spacial score (nSPS) is 30.2. The minimum absolute atomic E-state index is 0.193.